The van der Waals surface area contributed by atoms with Crippen LogP contribution in [0.3, 0.4) is 0 Å². The Morgan fingerprint density at radius 3 is 1.83 bits per heavy atom. The molecular weight excluding hydrogens is 392 g/mol. The van der Waals surface area contributed by atoms with Gasteiger partial charge in [0.2, 0.25) is 0 Å². The quantitative estimate of drug-likeness (QED) is 0.699. The van der Waals surface area contributed by atoms with Gasteiger partial charge in [-0.25, -0.2) is 0 Å². The fraction of sp³-hybridized carbons (Fsp3) is 0.520. The van der Waals surface area contributed by atoms with Crippen LogP contribution in [0.15, 0.2) is 60.7 Å². The van der Waals surface area contributed by atoms with Gasteiger partial charge in [0.05, 0.1) is 17.6 Å². The minimum Gasteiger partial charge on any atom is -0.401 e. The summed E-state index contributed by atoms with van der Waals surface area (Å²) >= 11 is 0. The Morgan fingerprint density at radius 2 is 1.33 bits per heavy atom. The van der Waals surface area contributed by atoms with Crippen LogP contribution in [-0.2, 0) is 18.6 Å². The van der Waals surface area contributed by atoms with Gasteiger partial charge in [-0.15, -0.1) is 0 Å². The molecule has 0 N–H and O–H groups in total. The van der Waals surface area contributed by atoms with Crippen LogP contribution in [0.4, 0.5) is 0 Å². The molecule has 3 fully saturated rings. The van der Waals surface area contributed by atoms with E-state index in [1.807, 2.05) is 13.8 Å². The zero-order valence-electron chi connectivity index (χ0n) is 18.7. The average Bonchev–Trinajstić information content (AvgIpc) is 2.94. The lowest BCUT2D eigenvalue weighted by Gasteiger charge is -2.44. The molecule has 2 saturated heterocycles. The van der Waals surface area contributed by atoms with Gasteiger partial charge < -0.3 is 18.6 Å². The zero-order chi connectivity index (χ0) is 21.4. The molecule has 30 heavy (non-hydrogen) atoms. The van der Waals surface area contributed by atoms with Crippen LogP contribution < -0.4 is 10.4 Å². The Bertz CT molecular complexity index is 884. The summed E-state index contributed by atoms with van der Waals surface area (Å²) in [6.07, 6.45) is -0.400. The molecule has 0 amide bonds. The van der Waals surface area contributed by atoms with E-state index in [-0.39, 0.29) is 35.1 Å². The Balaban J connectivity index is 1.57. The van der Waals surface area contributed by atoms with Gasteiger partial charge >= 0.3 is 0 Å². The molecule has 2 heterocycles. The van der Waals surface area contributed by atoms with Crippen LogP contribution in [0.1, 0.15) is 41.5 Å². The van der Waals surface area contributed by atoms with E-state index in [1.165, 1.54) is 10.4 Å². The molecule has 0 bridgehead atoms. The predicted octanol–water partition coefficient (Wildman–Crippen LogP) is 3.83. The van der Waals surface area contributed by atoms with E-state index in [1.54, 1.807) is 0 Å². The lowest BCUT2D eigenvalue weighted by molar-refractivity contribution is -0.198. The van der Waals surface area contributed by atoms with Gasteiger partial charge in [-0.2, -0.15) is 0 Å². The predicted molar refractivity (Wildman–Crippen MR) is 119 cm³/mol. The second-order valence-corrected chi connectivity index (χ2v) is 14.8. The highest BCUT2D eigenvalue weighted by Crippen LogP contribution is 2.64. The van der Waals surface area contributed by atoms with Crippen molar-refractivity contribution in [1.29, 1.82) is 0 Å². The molecule has 4 nitrogen and oxygen atoms in total. The molecule has 160 valence electrons. The van der Waals surface area contributed by atoms with Gasteiger partial charge in [-0.05, 0) is 29.3 Å². The summed E-state index contributed by atoms with van der Waals surface area (Å²) in [4.78, 5) is 0. The van der Waals surface area contributed by atoms with E-state index in [2.05, 4.69) is 88.4 Å². The largest absolute Gasteiger partial charge is 0.401 e. The van der Waals surface area contributed by atoms with Crippen molar-refractivity contribution < 1.29 is 18.6 Å². The number of hydrogen-bond acceptors (Lipinski definition) is 4. The van der Waals surface area contributed by atoms with E-state index in [9.17, 15) is 0 Å². The highest BCUT2D eigenvalue weighted by Gasteiger charge is 2.79. The standard InChI is InChI=1S/C25H32O4Si/c1-23(2,3)30(17-13-9-7-10-14-17,18-15-11-8-12-16-18)29-20-19-25(20,6)21-22(26-19)28-24(4,5)27-21/h7-16,19-22H,1-6H3/t19-,20?,21+,22-,25-/m1/s1. The van der Waals surface area contributed by atoms with Crippen LogP contribution in [0.2, 0.25) is 5.04 Å². The molecule has 0 aromatic heterocycles. The van der Waals surface area contributed by atoms with Crippen molar-refractivity contribution in [2.45, 2.75) is 77.0 Å². The second kappa shape index (κ2) is 6.50. The SMILES string of the molecule is CC1(C)O[C@H]2O[C@@H]3C(O[Si](c4ccccc4)(c4ccccc4)C(C)(C)C)[C@]3(C)[C@H]2O1. The first-order chi connectivity index (χ1) is 14.1. The van der Waals surface area contributed by atoms with Gasteiger partial charge in [-0.3, -0.25) is 0 Å². The van der Waals surface area contributed by atoms with E-state index in [0.29, 0.717) is 0 Å². The van der Waals surface area contributed by atoms with E-state index in [4.69, 9.17) is 18.6 Å². The molecule has 2 aromatic carbocycles. The van der Waals surface area contributed by atoms with Crippen molar-refractivity contribution in [1.82, 2.24) is 0 Å². The van der Waals surface area contributed by atoms with E-state index < -0.39 is 14.1 Å². The van der Waals surface area contributed by atoms with Gasteiger partial charge in [-0.1, -0.05) is 88.4 Å². The molecule has 0 radical (unpaired) electrons. The highest BCUT2D eigenvalue weighted by molar-refractivity contribution is 6.99. The molecule has 5 rings (SSSR count). The Kier molecular flexibility index (Phi) is 4.42. The maximum Gasteiger partial charge on any atom is 0.261 e. The van der Waals surface area contributed by atoms with Gasteiger partial charge in [0.1, 0.15) is 6.10 Å². The summed E-state index contributed by atoms with van der Waals surface area (Å²) in [5, 5.41) is 2.52. The number of rotatable bonds is 4. The molecule has 2 aliphatic heterocycles. The number of ether oxygens (including phenoxy) is 3. The molecule has 5 heteroatoms. The molecule has 0 spiro atoms. The van der Waals surface area contributed by atoms with Crippen molar-refractivity contribution in [3.8, 4) is 0 Å². The van der Waals surface area contributed by atoms with E-state index >= 15 is 0 Å². The van der Waals surface area contributed by atoms with Crippen LogP contribution >= 0.6 is 0 Å². The van der Waals surface area contributed by atoms with Crippen molar-refractivity contribution in [3.05, 3.63) is 60.7 Å². The van der Waals surface area contributed by atoms with Gasteiger partial charge in [0, 0.05) is 0 Å². The maximum atomic E-state index is 7.31. The maximum absolute atomic E-state index is 7.31. The second-order valence-electron chi connectivity index (χ2n) is 10.5. The summed E-state index contributed by atoms with van der Waals surface area (Å²) in [5.74, 6) is -0.617. The summed E-state index contributed by atoms with van der Waals surface area (Å²) in [6.45, 7) is 13.1. The molecule has 1 saturated carbocycles. The zero-order valence-corrected chi connectivity index (χ0v) is 19.7. The smallest absolute Gasteiger partial charge is 0.261 e. The Morgan fingerprint density at radius 1 is 0.800 bits per heavy atom. The first kappa shape index (κ1) is 20.4. The Hall–Kier alpha value is -1.50. The monoisotopic (exact) mass is 424 g/mol. The first-order valence-electron chi connectivity index (χ1n) is 10.9. The third-order valence-electron chi connectivity index (χ3n) is 7.06. The summed E-state index contributed by atoms with van der Waals surface area (Å²) in [6, 6.07) is 21.5. The lowest BCUT2D eigenvalue weighted by atomic mass is 10.0. The van der Waals surface area contributed by atoms with Crippen LogP contribution in [-0.4, -0.2) is 38.7 Å². The summed E-state index contributed by atoms with van der Waals surface area (Å²) in [7, 11) is -2.62. The molecular formula is C25H32O4Si. The van der Waals surface area contributed by atoms with Crippen molar-refractivity contribution >= 4 is 18.7 Å². The third kappa shape index (κ3) is 2.80. The fourth-order valence-corrected chi connectivity index (χ4v) is 10.2. The van der Waals surface area contributed by atoms with Gasteiger partial charge in [0.15, 0.2) is 12.1 Å². The minimum atomic E-state index is -2.62. The fourth-order valence-electron chi connectivity index (χ4n) is 5.46. The number of hydrogen-bond donors (Lipinski definition) is 0. The number of fused-ring (bicyclic) bond motifs is 3. The summed E-state index contributed by atoms with van der Waals surface area (Å²) < 4.78 is 25.8. The summed E-state index contributed by atoms with van der Waals surface area (Å²) in [5.41, 5.74) is -0.189. The molecule has 3 aliphatic rings. The highest BCUT2D eigenvalue weighted by atomic mass is 28.4. The first-order valence-corrected chi connectivity index (χ1v) is 12.8. The minimum absolute atomic E-state index is 0.00486. The van der Waals surface area contributed by atoms with Crippen molar-refractivity contribution in [3.63, 3.8) is 0 Å². The van der Waals surface area contributed by atoms with E-state index in [0.717, 1.165) is 0 Å². The Labute approximate surface area is 180 Å². The molecule has 1 aliphatic carbocycles. The lowest BCUT2D eigenvalue weighted by Crippen LogP contribution is -2.67. The average molecular weight is 425 g/mol. The molecule has 2 aromatic rings. The van der Waals surface area contributed by atoms with Crippen LogP contribution in [0.25, 0.3) is 0 Å². The van der Waals surface area contributed by atoms with Crippen molar-refractivity contribution in [2.24, 2.45) is 5.41 Å². The molecule has 5 atom stereocenters. The van der Waals surface area contributed by atoms with Crippen molar-refractivity contribution in [2.75, 3.05) is 0 Å². The molecule has 1 unspecified atom stereocenters. The van der Waals surface area contributed by atoms with Crippen LogP contribution in [0.5, 0.6) is 0 Å². The number of benzene rings is 2. The normalized spacial score (nSPS) is 34.5. The van der Waals surface area contributed by atoms with Crippen LogP contribution in [0, 0.1) is 5.41 Å². The topological polar surface area (TPSA) is 36.9 Å². The van der Waals surface area contributed by atoms with Gasteiger partial charge in [0.25, 0.3) is 8.32 Å². The third-order valence-corrected chi connectivity index (χ3v) is 12.1.